The molecule has 1 N–H and O–H groups in total. The van der Waals surface area contributed by atoms with E-state index in [1.54, 1.807) is 18.4 Å². The number of aromatic nitrogens is 1. The summed E-state index contributed by atoms with van der Waals surface area (Å²) in [5, 5.41) is 4.57. The highest BCUT2D eigenvalue weighted by Crippen LogP contribution is 2.21. The summed E-state index contributed by atoms with van der Waals surface area (Å²) in [5.74, 6) is 0. The Bertz CT molecular complexity index is 510. The van der Waals surface area contributed by atoms with Gasteiger partial charge in [-0.3, -0.25) is 0 Å². The summed E-state index contributed by atoms with van der Waals surface area (Å²) in [5.41, 5.74) is 2.45. The molecule has 0 amide bonds. The van der Waals surface area contributed by atoms with E-state index in [-0.39, 0.29) is 0 Å². The van der Waals surface area contributed by atoms with Gasteiger partial charge in [-0.15, -0.1) is 11.3 Å². The molecule has 0 aliphatic rings. The molecule has 2 rings (SSSR count). The van der Waals surface area contributed by atoms with Crippen LogP contribution in [0.3, 0.4) is 0 Å². The number of nitrogens with one attached hydrogen (secondary N) is 1. The zero-order chi connectivity index (χ0) is 14.2. The van der Waals surface area contributed by atoms with Gasteiger partial charge in [0.1, 0.15) is 0 Å². The predicted octanol–water partition coefficient (Wildman–Crippen LogP) is 3.18. The van der Waals surface area contributed by atoms with E-state index in [4.69, 9.17) is 9.72 Å². The fourth-order valence-corrected chi connectivity index (χ4v) is 3.11. The zero-order valence-electron chi connectivity index (χ0n) is 12.2. The van der Waals surface area contributed by atoms with Crippen LogP contribution < -0.4 is 5.32 Å². The molecule has 108 valence electrons. The summed E-state index contributed by atoms with van der Waals surface area (Å²) >= 11 is 1.81. The van der Waals surface area contributed by atoms with Gasteiger partial charge in [-0.2, -0.15) is 0 Å². The van der Waals surface area contributed by atoms with Crippen molar-refractivity contribution in [2.75, 3.05) is 13.7 Å². The molecule has 0 fully saturated rings. The van der Waals surface area contributed by atoms with Crippen molar-refractivity contribution >= 4 is 11.3 Å². The molecule has 20 heavy (non-hydrogen) atoms. The van der Waals surface area contributed by atoms with Gasteiger partial charge in [-0.05, 0) is 18.5 Å². The minimum atomic E-state index is 0.600. The standard InChI is InChI=1S/C16H22N2OS/c1-3-17-11-15-14(12-19-2)18-16(20-15)10-9-13-7-5-4-6-8-13/h4-8,17H,3,9-12H2,1-2H3. The van der Waals surface area contributed by atoms with Crippen LogP contribution >= 0.6 is 11.3 Å². The number of hydrogen-bond acceptors (Lipinski definition) is 4. The largest absolute Gasteiger partial charge is 0.378 e. The lowest BCUT2D eigenvalue weighted by Crippen LogP contribution is -2.12. The fraction of sp³-hybridized carbons (Fsp3) is 0.438. The molecule has 0 saturated carbocycles. The first kappa shape index (κ1) is 15.2. The van der Waals surface area contributed by atoms with Gasteiger partial charge in [0.05, 0.1) is 17.3 Å². The summed E-state index contributed by atoms with van der Waals surface area (Å²) in [6.07, 6.45) is 2.04. The van der Waals surface area contributed by atoms with Crippen LogP contribution in [-0.2, 0) is 30.7 Å². The second-order valence-electron chi connectivity index (χ2n) is 4.68. The number of aryl methyl sites for hydroxylation is 2. The van der Waals surface area contributed by atoms with Gasteiger partial charge in [0, 0.05) is 25.0 Å². The Morgan fingerprint density at radius 2 is 2.00 bits per heavy atom. The van der Waals surface area contributed by atoms with E-state index < -0.39 is 0 Å². The van der Waals surface area contributed by atoms with Crippen molar-refractivity contribution < 1.29 is 4.74 Å². The third kappa shape index (κ3) is 4.40. The molecule has 0 saturated heterocycles. The Hall–Kier alpha value is -1.23. The Labute approximate surface area is 125 Å². The third-order valence-electron chi connectivity index (χ3n) is 3.11. The van der Waals surface area contributed by atoms with Crippen LogP contribution in [0.1, 0.15) is 28.1 Å². The molecule has 4 heteroatoms. The number of methoxy groups -OCH3 is 1. The number of ether oxygens (including phenoxy) is 1. The van der Waals surface area contributed by atoms with Crippen molar-refractivity contribution in [2.24, 2.45) is 0 Å². The predicted molar refractivity (Wildman–Crippen MR) is 84.1 cm³/mol. The van der Waals surface area contributed by atoms with E-state index in [2.05, 4.69) is 42.6 Å². The molecule has 0 atom stereocenters. The number of thiazole rings is 1. The van der Waals surface area contributed by atoms with Gasteiger partial charge in [-0.25, -0.2) is 4.98 Å². The Morgan fingerprint density at radius 3 is 2.70 bits per heavy atom. The summed E-state index contributed by atoms with van der Waals surface area (Å²) in [7, 11) is 1.72. The quantitative estimate of drug-likeness (QED) is 0.811. The molecule has 1 heterocycles. The van der Waals surface area contributed by atoms with Crippen molar-refractivity contribution in [1.82, 2.24) is 10.3 Å². The van der Waals surface area contributed by atoms with E-state index in [0.29, 0.717) is 6.61 Å². The van der Waals surface area contributed by atoms with Gasteiger partial charge < -0.3 is 10.1 Å². The molecular formula is C16H22N2OS. The highest BCUT2D eigenvalue weighted by Gasteiger charge is 2.10. The van der Waals surface area contributed by atoms with Gasteiger partial charge in [0.2, 0.25) is 0 Å². The smallest absolute Gasteiger partial charge is 0.0936 e. The molecule has 0 aliphatic heterocycles. The maximum absolute atomic E-state index is 5.24. The molecule has 0 spiro atoms. The number of benzene rings is 1. The zero-order valence-corrected chi connectivity index (χ0v) is 13.0. The SMILES string of the molecule is CCNCc1sc(CCc2ccccc2)nc1COC. The van der Waals surface area contributed by atoms with E-state index in [1.807, 2.05) is 0 Å². The summed E-state index contributed by atoms with van der Waals surface area (Å²) in [6.45, 7) is 4.58. The highest BCUT2D eigenvalue weighted by molar-refractivity contribution is 7.11. The highest BCUT2D eigenvalue weighted by atomic mass is 32.1. The van der Waals surface area contributed by atoms with Gasteiger partial charge >= 0.3 is 0 Å². The van der Waals surface area contributed by atoms with E-state index in [9.17, 15) is 0 Å². The van der Waals surface area contributed by atoms with Crippen molar-refractivity contribution in [1.29, 1.82) is 0 Å². The van der Waals surface area contributed by atoms with Crippen molar-refractivity contribution in [3.8, 4) is 0 Å². The van der Waals surface area contributed by atoms with E-state index in [0.717, 1.165) is 31.6 Å². The molecule has 1 aromatic carbocycles. The van der Waals surface area contributed by atoms with Crippen LogP contribution in [0, 0.1) is 0 Å². The van der Waals surface area contributed by atoms with Crippen LogP contribution in [-0.4, -0.2) is 18.6 Å². The first-order valence-electron chi connectivity index (χ1n) is 7.04. The van der Waals surface area contributed by atoms with Crippen LogP contribution in [0.5, 0.6) is 0 Å². The molecule has 1 aromatic heterocycles. The van der Waals surface area contributed by atoms with Crippen LogP contribution in [0.25, 0.3) is 0 Å². The van der Waals surface area contributed by atoms with Crippen molar-refractivity contribution in [3.63, 3.8) is 0 Å². The van der Waals surface area contributed by atoms with Crippen LogP contribution in [0.4, 0.5) is 0 Å². The molecular weight excluding hydrogens is 268 g/mol. The number of nitrogens with zero attached hydrogens (tertiary/aromatic N) is 1. The molecule has 0 radical (unpaired) electrons. The molecule has 3 nitrogen and oxygen atoms in total. The van der Waals surface area contributed by atoms with Gasteiger partial charge in [-0.1, -0.05) is 37.3 Å². The summed E-state index contributed by atoms with van der Waals surface area (Å²) < 4.78 is 5.24. The normalized spacial score (nSPS) is 10.9. The average Bonchev–Trinajstić information content (AvgIpc) is 2.87. The van der Waals surface area contributed by atoms with Crippen LogP contribution in [0.2, 0.25) is 0 Å². The minimum absolute atomic E-state index is 0.600. The average molecular weight is 290 g/mol. The summed E-state index contributed by atoms with van der Waals surface area (Å²) in [4.78, 5) is 6.02. The monoisotopic (exact) mass is 290 g/mol. The van der Waals surface area contributed by atoms with Gasteiger partial charge in [0.25, 0.3) is 0 Å². The first-order chi connectivity index (χ1) is 9.83. The number of hydrogen-bond donors (Lipinski definition) is 1. The maximum Gasteiger partial charge on any atom is 0.0936 e. The topological polar surface area (TPSA) is 34.2 Å². The molecule has 0 unspecified atom stereocenters. The minimum Gasteiger partial charge on any atom is -0.378 e. The second kappa shape index (κ2) is 8.15. The van der Waals surface area contributed by atoms with Crippen LogP contribution in [0.15, 0.2) is 30.3 Å². The Balaban J connectivity index is 2.00. The lowest BCUT2D eigenvalue weighted by molar-refractivity contribution is 0.181. The number of rotatable bonds is 8. The van der Waals surface area contributed by atoms with E-state index >= 15 is 0 Å². The maximum atomic E-state index is 5.24. The second-order valence-corrected chi connectivity index (χ2v) is 5.84. The van der Waals surface area contributed by atoms with E-state index in [1.165, 1.54) is 15.4 Å². The fourth-order valence-electron chi connectivity index (χ4n) is 2.07. The van der Waals surface area contributed by atoms with Crippen molar-refractivity contribution in [3.05, 3.63) is 51.5 Å². The molecule has 0 aliphatic carbocycles. The third-order valence-corrected chi connectivity index (χ3v) is 4.27. The van der Waals surface area contributed by atoms with Crippen molar-refractivity contribution in [2.45, 2.75) is 32.9 Å². The Morgan fingerprint density at radius 1 is 1.20 bits per heavy atom. The lowest BCUT2D eigenvalue weighted by atomic mass is 10.1. The first-order valence-corrected chi connectivity index (χ1v) is 7.86. The molecule has 0 bridgehead atoms. The summed E-state index contributed by atoms with van der Waals surface area (Å²) in [6, 6.07) is 10.6. The Kier molecular flexibility index (Phi) is 6.18. The lowest BCUT2D eigenvalue weighted by Gasteiger charge is -2.00. The van der Waals surface area contributed by atoms with Gasteiger partial charge in [0.15, 0.2) is 0 Å². The molecule has 2 aromatic rings.